The monoisotopic (exact) mass is 901 g/mol. The van der Waals surface area contributed by atoms with E-state index in [4.69, 9.17) is 4.42 Å². The maximum atomic E-state index is 7.48. The number of anilines is 3. The molecule has 0 amide bonds. The van der Waals surface area contributed by atoms with E-state index in [0.717, 1.165) is 41.1 Å². The van der Waals surface area contributed by atoms with E-state index < -0.39 is 0 Å². The molecule has 7 aromatic carbocycles. The van der Waals surface area contributed by atoms with Crippen molar-refractivity contribution in [2.45, 2.75) is 142 Å². The van der Waals surface area contributed by atoms with Crippen molar-refractivity contribution < 1.29 is 4.42 Å². The third kappa shape index (κ3) is 6.72. The molecular formula is C66H67BNO. The van der Waals surface area contributed by atoms with Crippen LogP contribution in [0.2, 0.25) is 0 Å². The van der Waals surface area contributed by atoms with E-state index >= 15 is 0 Å². The molecule has 6 bridgehead atoms. The molecule has 12 rings (SSSR count). The van der Waals surface area contributed by atoms with Gasteiger partial charge < -0.3 is 4.42 Å². The molecule has 0 N–H and O–H groups in total. The number of rotatable bonds is 3. The molecule has 0 spiro atoms. The summed E-state index contributed by atoms with van der Waals surface area (Å²) in [5, 5.41) is 1.19. The zero-order valence-corrected chi connectivity index (χ0v) is 43.0. The Morgan fingerprint density at radius 1 is 0.551 bits per heavy atom. The SMILES string of the molecule is Cc1cc2c3c(c1)N(c1ccc(C(C)(C)C)cc1-c1ccccc1)c1oc4cc5c(cc4c1[B]3)C(C)(CCC5(C)C)c1cc(cc3c1C(C)(C)CCC3(C)C)C(C)c1cc(-c3ccccc3)ccc1-2. The quantitative estimate of drug-likeness (QED) is 0.164. The number of aryl methyl sites for hydroxylation is 1. The number of benzene rings is 7. The average molecular weight is 901 g/mol. The molecule has 3 heteroatoms. The molecule has 2 atom stereocenters. The minimum atomic E-state index is -0.232. The maximum Gasteiger partial charge on any atom is 0.203 e. The highest BCUT2D eigenvalue weighted by Gasteiger charge is 2.48. The van der Waals surface area contributed by atoms with Gasteiger partial charge in [0.25, 0.3) is 0 Å². The van der Waals surface area contributed by atoms with E-state index in [0.29, 0.717) is 0 Å². The molecule has 3 heterocycles. The lowest BCUT2D eigenvalue weighted by Crippen LogP contribution is -2.42. The molecule has 2 aliphatic heterocycles. The average Bonchev–Trinajstić information content (AvgIpc) is 3.69. The van der Waals surface area contributed by atoms with Gasteiger partial charge in [0.15, 0.2) is 5.88 Å². The number of hydrogen-bond donors (Lipinski definition) is 0. The van der Waals surface area contributed by atoms with Crippen molar-refractivity contribution in [3.63, 3.8) is 0 Å². The van der Waals surface area contributed by atoms with Crippen LogP contribution in [0.1, 0.15) is 158 Å². The van der Waals surface area contributed by atoms with Crippen LogP contribution in [0, 0.1) is 6.92 Å². The Kier molecular flexibility index (Phi) is 9.59. The fourth-order valence-electron chi connectivity index (χ4n) is 13.1. The Hall–Kier alpha value is -6.06. The Labute approximate surface area is 412 Å². The standard InChI is InChI=1S/C66H67BNO/c1-39-31-49-46-25-23-43(41-19-15-13-16-20-41)33-47(46)40(2)44-34-53-58(65(10,11)28-27-64(53,8)9)54(35-44)66(12)30-29-63(6,7)51-38-57-50(37-52(51)66)60-61(69-57)68(56(32-39)59(49)67-60)55-26-24-45(62(3,4)5)36-48(55)42-21-17-14-18-22-42/h13-26,31-38,40H,27-30H2,1-12H3. The molecule has 345 valence electrons. The summed E-state index contributed by atoms with van der Waals surface area (Å²) in [7, 11) is 2.49. The highest BCUT2D eigenvalue weighted by Crippen LogP contribution is 2.58. The van der Waals surface area contributed by atoms with Crippen molar-refractivity contribution in [1.29, 1.82) is 0 Å². The normalized spacial score (nSPS) is 20.3. The minimum absolute atomic E-state index is 0.0287. The molecule has 1 radical (unpaired) electrons. The fourth-order valence-corrected chi connectivity index (χ4v) is 13.1. The van der Waals surface area contributed by atoms with Crippen LogP contribution in [0.15, 0.2) is 138 Å². The predicted octanol–water partition coefficient (Wildman–Crippen LogP) is 16.7. The molecule has 4 aliphatic rings. The molecule has 0 saturated heterocycles. The third-order valence-corrected chi connectivity index (χ3v) is 17.6. The summed E-state index contributed by atoms with van der Waals surface area (Å²) in [5.41, 5.74) is 25.6. The summed E-state index contributed by atoms with van der Waals surface area (Å²) in [4.78, 5) is 2.48. The van der Waals surface area contributed by atoms with E-state index in [1.54, 1.807) is 11.1 Å². The molecule has 0 fully saturated rings. The Balaban J connectivity index is 1.25. The topological polar surface area (TPSA) is 16.4 Å². The first-order valence-corrected chi connectivity index (χ1v) is 25.7. The first-order chi connectivity index (χ1) is 32.7. The minimum Gasteiger partial charge on any atom is -0.440 e. The van der Waals surface area contributed by atoms with Gasteiger partial charge in [-0.05, 0) is 179 Å². The van der Waals surface area contributed by atoms with Crippen molar-refractivity contribution in [1.82, 2.24) is 0 Å². The second kappa shape index (κ2) is 15.0. The van der Waals surface area contributed by atoms with Gasteiger partial charge in [-0.25, -0.2) is 0 Å². The molecular weight excluding hydrogens is 834 g/mol. The molecule has 69 heavy (non-hydrogen) atoms. The molecule has 0 saturated carbocycles. The zero-order chi connectivity index (χ0) is 48.2. The van der Waals surface area contributed by atoms with Gasteiger partial charge in [0.2, 0.25) is 7.28 Å². The van der Waals surface area contributed by atoms with Crippen LogP contribution in [0.4, 0.5) is 17.3 Å². The van der Waals surface area contributed by atoms with Crippen molar-refractivity contribution in [3.05, 3.63) is 184 Å². The van der Waals surface area contributed by atoms with Crippen molar-refractivity contribution in [2.24, 2.45) is 0 Å². The van der Waals surface area contributed by atoms with Gasteiger partial charge in [-0.1, -0.05) is 173 Å². The molecule has 8 aromatic rings. The summed E-state index contributed by atoms with van der Waals surface area (Å²) < 4.78 is 7.48. The van der Waals surface area contributed by atoms with Gasteiger partial charge in [-0.3, -0.25) is 4.90 Å². The third-order valence-electron chi connectivity index (χ3n) is 17.6. The second-order valence-corrected chi connectivity index (χ2v) is 24.7. The first-order valence-electron chi connectivity index (χ1n) is 25.7. The lowest BCUT2D eigenvalue weighted by Gasteiger charge is -2.50. The largest absolute Gasteiger partial charge is 0.440 e. The van der Waals surface area contributed by atoms with Crippen LogP contribution in [0.3, 0.4) is 0 Å². The van der Waals surface area contributed by atoms with Gasteiger partial charge in [0.1, 0.15) is 5.58 Å². The number of furan rings is 1. The van der Waals surface area contributed by atoms with Gasteiger partial charge in [0, 0.05) is 28.0 Å². The molecule has 2 nitrogen and oxygen atoms in total. The Morgan fingerprint density at radius 3 is 1.94 bits per heavy atom. The van der Waals surface area contributed by atoms with Crippen LogP contribution >= 0.6 is 0 Å². The van der Waals surface area contributed by atoms with Gasteiger partial charge in [-0.15, -0.1) is 0 Å². The first kappa shape index (κ1) is 44.2. The van der Waals surface area contributed by atoms with E-state index in [-0.39, 0.29) is 33.0 Å². The van der Waals surface area contributed by atoms with E-state index in [1.165, 1.54) is 96.0 Å². The highest BCUT2D eigenvalue weighted by molar-refractivity contribution is 6.75. The van der Waals surface area contributed by atoms with E-state index in [9.17, 15) is 0 Å². The lowest BCUT2D eigenvalue weighted by molar-refractivity contribution is 0.311. The summed E-state index contributed by atoms with van der Waals surface area (Å²) in [5.74, 6) is 0.992. The smallest absolute Gasteiger partial charge is 0.203 e. The summed E-state index contributed by atoms with van der Waals surface area (Å²) in [6.07, 6.45) is 4.52. The summed E-state index contributed by atoms with van der Waals surface area (Å²) in [6.45, 7) is 29.3. The lowest BCUT2D eigenvalue weighted by atomic mass is 9.53. The van der Waals surface area contributed by atoms with Crippen molar-refractivity contribution in [3.8, 4) is 33.4 Å². The Bertz CT molecular complexity index is 3410. The Morgan fingerprint density at radius 2 is 1.22 bits per heavy atom. The van der Waals surface area contributed by atoms with Crippen molar-refractivity contribution >= 4 is 46.4 Å². The summed E-state index contributed by atoms with van der Waals surface area (Å²) >= 11 is 0. The van der Waals surface area contributed by atoms with Crippen molar-refractivity contribution in [2.75, 3.05) is 4.90 Å². The number of nitrogens with zero attached hydrogens (tertiary/aromatic N) is 1. The highest BCUT2D eigenvalue weighted by atomic mass is 16.4. The molecule has 2 unspecified atom stereocenters. The van der Waals surface area contributed by atoms with Gasteiger partial charge in [0.05, 0.1) is 5.69 Å². The van der Waals surface area contributed by atoms with Crippen LogP contribution in [0.25, 0.3) is 44.3 Å². The van der Waals surface area contributed by atoms with Crippen LogP contribution in [-0.4, -0.2) is 7.28 Å². The fraction of sp³-hybridized carbons (Fsp3) is 0.333. The summed E-state index contributed by atoms with van der Waals surface area (Å²) in [6, 6.07) is 51.7. The van der Waals surface area contributed by atoms with Gasteiger partial charge in [-0.2, -0.15) is 0 Å². The van der Waals surface area contributed by atoms with E-state index in [2.05, 4.69) is 229 Å². The predicted molar refractivity (Wildman–Crippen MR) is 294 cm³/mol. The molecule has 2 aliphatic carbocycles. The zero-order valence-electron chi connectivity index (χ0n) is 43.0. The number of hydrogen-bond acceptors (Lipinski definition) is 2. The maximum absolute atomic E-state index is 7.48. The molecule has 1 aromatic heterocycles. The van der Waals surface area contributed by atoms with Crippen LogP contribution in [-0.2, 0) is 27.1 Å². The second-order valence-electron chi connectivity index (χ2n) is 24.7. The number of fused-ring (bicyclic) bond motifs is 7. The van der Waals surface area contributed by atoms with Gasteiger partial charge >= 0.3 is 0 Å². The van der Waals surface area contributed by atoms with Crippen LogP contribution < -0.4 is 15.8 Å². The van der Waals surface area contributed by atoms with Crippen LogP contribution in [0.5, 0.6) is 0 Å². The van der Waals surface area contributed by atoms with E-state index in [1.807, 2.05) is 0 Å².